The average Bonchev–Trinajstić information content (AvgIpc) is 2.69. The smallest absolute Gasteiger partial charge is 0.119 e. The lowest BCUT2D eigenvalue weighted by molar-refractivity contribution is 0.122. The summed E-state index contributed by atoms with van der Waals surface area (Å²) >= 11 is 0. The van der Waals surface area contributed by atoms with Gasteiger partial charge in [0.2, 0.25) is 0 Å². The highest BCUT2D eigenvalue weighted by Gasteiger charge is 2.17. The highest BCUT2D eigenvalue weighted by molar-refractivity contribution is 5.82. The van der Waals surface area contributed by atoms with E-state index in [4.69, 9.17) is 4.74 Å². The van der Waals surface area contributed by atoms with Crippen LogP contribution >= 0.6 is 0 Å². The lowest BCUT2D eigenvalue weighted by atomic mass is 10.1. The highest BCUT2D eigenvalue weighted by Crippen LogP contribution is 2.19. The summed E-state index contributed by atoms with van der Waals surface area (Å²) in [7, 11) is 1.73. The molecule has 3 aromatic carbocycles. The van der Waals surface area contributed by atoms with E-state index >= 15 is 0 Å². The third kappa shape index (κ3) is 4.06. The van der Waals surface area contributed by atoms with Crippen molar-refractivity contribution in [3.63, 3.8) is 0 Å². The number of benzene rings is 3. The zero-order valence-corrected chi connectivity index (χ0v) is 15.4. The molecule has 0 N–H and O–H groups in total. The molecule has 0 spiro atoms. The van der Waals surface area contributed by atoms with Crippen LogP contribution in [0.1, 0.15) is 11.1 Å². The standard InChI is InChI=1S/C23H26N2O/c1-26-23-8-4-5-19(16-23)17-24-11-13-25(14-12-24)18-20-9-10-21-6-2-3-7-22(21)15-20/h2-10,15-16H,11-14,17-18H2,1H3. The molecule has 3 aromatic rings. The van der Waals surface area contributed by atoms with Gasteiger partial charge in [-0.3, -0.25) is 9.80 Å². The number of rotatable bonds is 5. The third-order valence-electron chi connectivity index (χ3n) is 5.23. The molecule has 0 amide bonds. The predicted molar refractivity (Wildman–Crippen MR) is 107 cm³/mol. The van der Waals surface area contributed by atoms with Gasteiger partial charge in [0.15, 0.2) is 0 Å². The largest absolute Gasteiger partial charge is 0.497 e. The van der Waals surface area contributed by atoms with Gasteiger partial charge in [0.1, 0.15) is 5.75 Å². The summed E-state index contributed by atoms with van der Waals surface area (Å²) in [5.74, 6) is 0.942. The molecule has 0 radical (unpaired) electrons. The van der Waals surface area contributed by atoms with Gasteiger partial charge >= 0.3 is 0 Å². The van der Waals surface area contributed by atoms with Gasteiger partial charge in [0, 0.05) is 39.3 Å². The van der Waals surface area contributed by atoms with E-state index < -0.39 is 0 Å². The van der Waals surface area contributed by atoms with Crippen molar-refractivity contribution in [2.45, 2.75) is 13.1 Å². The van der Waals surface area contributed by atoms with Crippen molar-refractivity contribution in [2.24, 2.45) is 0 Å². The topological polar surface area (TPSA) is 15.7 Å². The number of methoxy groups -OCH3 is 1. The van der Waals surface area contributed by atoms with Crippen LogP contribution in [0.5, 0.6) is 5.75 Å². The Morgan fingerprint density at radius 3 is 2.04 bits per heavy atom. The molecule has 0 unspecified atom stereocenters. The number of piperazine rings is 1. The molecule has 1 aliphatic heterocycles. The molecule has 134 valence electrons. The summed E-state index contributed by atoms with van der Waals surface area (Å²) in [4.78, 5) is 5.10. The van der Waals surface area contributed by atoms with E-state index in [-0.39, 0.29) is 0 Å². The summed E-state index contributed by atoms with van der Waals surface area (Å²) in [6.07, 6.45) is 0. The first-order chi connectivity index (χ1) is 12.8. The Balaban J connectivity index is 1.32. The van der Waals surface area contributed by atoms with Crippen LogP contribution in [0.2, 0.25) is 0 Å². The molecule has 1 heterocycles. The fraction of sp³-hybridized carbons (Fsp3) is 0.304. The molecule has 0 aromatic heterocycles. The number of nitrogens with zero attached hydrogens (tertiary/aromatic N) is 2. The summed E-state index contributed by atoms with van der Waals surface area (Å²) < 4.78 is 5.33. The normalized spacial score (nSPS) is 16.0. The van der Waals surface area contributed by atoms with Gasteiger partial charge in [-0.15, -0.1) is 0 Å². The van der Waals surface area contributed by atoms with Crippen molar-refractivity contribution in [3.8, 4) is 5.75 Å². The van der Waals surface area contributed by atoms with Crippen molar-refractivity contribution in [1.82, 2.24) is 9.80 Å². The van der Waals surface area contributed by atoms with E-state index in [0.29, 0.717) is 0 Å². The minimum atomic E-state index is 0.942. The lowest BCUT2D eigenvalue weighted by Crippen LogP contribution is -2.45. The SMILES string of the molecule is COc1cccc(CN2CCN(Cc3ccc4ccccc4c3)CC2)c1. The molecule has 4 rings (SSSR count). The van der Waals surface area contributed by atoms with Crippen LogP contribution in [0, 0.1) is 0 Å². The maximum absolute atomic E-state index is 5.33. The Hall–Kier alpha value is -2.36. The molecule has 26 heavy (non-hydrogen) atoms. The first kappa shape index (κ1) is 17.1. The second-order valence-corrected chi connectivity index (χ2v) is 7.09. The molecule has 0 atom stereocenters. The minimum absolute atomic E-state index is 0.942. The second-order valence-electron chi connectivity index (χ2n) is 7.09. The van der Waals surface area contributed by atoms with Crippen molar-refractivity contribution in [3.05, 3.63) is 77.9 Å². The van der Waals surface area contributed by atoms with Crippen molar-refractivity contribution < 1.29 is 4.74 Å². The summed E-state index contributed by atoms with van der Waals surface area (Å²) in [6, 6.07) is 23.8. The fourth-order valence-corrected chi connectivity index (χ4v) is 3.73. The first-order valence-corrected chi connectivity index (χ1v) is 9.35. The van der Waals surface area contributed by atoms with E-state index in [9.17, 15) is 0 Å². The second kappa shape index (κ2) is 7.90. The fourth-order valence-electron chi connectivity index (χ4n) is 3.73. The summed E-state index contributed by atoms with van der Waals surface area (Å²) in [6.45, 7) is 6.52. The maximum Gasteiger partial charge on any atom is 0.119 e. The number of hydrogen-bond acceptors (Lipinski definition) is 3. The molecule has 3 nitrogen and oxygen atoms in total. The van der Waals surface area contributed by atoms with Crippen LogP contribution in [0.15, 0.2) is 66.7 Å². The van der Waals surface area contributed by atoms with Crippen molar-refractivity contribution in [1.29, 1.82) is 0 Å². The van der Waals surface area contributed by atoms with E-state index in [2.05, 4.69) is 70.5 Å². The van der Waals surface area contributed by atoms with E-state index in [1.54, 1.807) is 7.11 Å². The first-order valence-electron chi connectivity index (χ1n) is 9.35. The van der Waals surface area contributed by atoms with Crippen molar-refractivity contribution in [2.75, 3.05) is 33.3 Å². The van der Waals surface area contributed by atoms with Crippen molar-refractivity contribution >= 4 is 10.8 Å². The Labute approximate surface area is 155 Å². The lowest BCUT2D eigenvalue weighted by Gasteiger charge is -2.34. The van der Waals surface area contributed by atoms with Crippen LogP contribution in [0.3, 0.4) is 0 Å². The zero-order valence-electron chi connectivity index (χ0n) is 15.4. The van der Waals surface area contributed by atoms with Gasteiger partial charge in [-0.2, -0.15) is 0 Å². The molecule has 1 aliphatic rings. The Morgan fingerprint density at radius 2 is 1.35 bits per heavy atom. The van der Waals surface area contributed by atoms with E-state index in [1.807, 2.05) is 6.07 Å². The van der Waals surface area contributed by atoms with Gasteiger partial charge in [-0.1, -0.05) is 48.5 Å². The average molecular weight is 346 g/mol. The monoisotopic (exact) mass is 346 g/mol. The molecule has 3 heteroatoms. The Kier molecular flexibility index (Phi) is 5.19. The molecule has 0 saturated carbocycles. The highest BCUT2D eigenvalue weighted by atomic mass is 16.5. The van der Waals surface area contributed by atoms with E-state index in [0.717, 1.165) is 45.0 Å². The third-order valence-corrected chi connectivity index (χ3v) is 5.23. The molecule has 1 saturated heterocycles. The van der Waals surface area contributed by atoms with Crippen LogP contribution in [0.4, 0.5) is 0 Å². The number of fused-ring (bicyclic) bond motifs is 1. The van der Waals surface area contributed by atoms with Gasteiger partial charge < -0.3 is 4.74 Å². The summed E-state index contributed by atoms with van der Waals surface area (Å²) in [5.41, 5.74) is 2.73. The minimum Gasteiger partial charge on any atom is -0.497 e. The number of ether oxygens (including phenoxy) is 1. The van der Waals surface area contributed by atoms with Gasteiger partial charge in [-0.25, -0.2) is 0 Å². The van der Waals surface area contributed by atoms with Gasteiger partial charge in [0.05, 0.1) is 7.11 Å². The van der Waals surface area contributed by atoms with Crippen LogP contribution in [-0.2, 0) is 13.1 Å². The number of hydrogen-bond donors (Lipinski definition) is 0. The molecular formula is C23H26N2O. The summed E-state index contributed by atoms with van der Waals surface area (Å²) in [5, 5.41) is 2.65. The molecule has 0 bridgehead atoms. The molecule has 0 aliphatic carbocycles. The maximum atomic E-state index is 5.33. The van der Waals surface area contributed by atoms with Crippen LogP contribution in [-0.4, -0.2) is 43.1 Å². The van der Waals surface area contributed by atoms with E-state index in [1.165, 1.54) is 21.9 Å². The zero-order chi connectivity index (χ0) is 17.8. The predicted octanol–water partition coefficient (Wildman–Crippen LogP) is 4.17. The Morgan fingerprint density at radius 1 is 0.692 bits per heavy atom. The molecule has 1 fully saturated rings. The van der Waals surface area contributed by atoms with Gasteiger partial charge in [0.25, 0.3) is 0 Å². The van der Waals surface area contributed by atoms with Crippen LogP contribution in [0.25, 0.3) is 10.8 Å². The Bertz CT molecular complexity index is 869. The van der Waals surface area contributed by atoms with Crippen LogP contribution < -0.4 is 4.74 Å². The quantitative estimate of drug-likeness (QED) is 0.690. The molecular weight excluding hydrogens is 320 g/mol. The van der Waals surface area contributed by atoms with Gasteiger partial charge in [-0.05, 0) is 40.1 Å².